The van der Waals surface area contributed by atoms with E-state index in [0.29, 0.717) is 50.4 Å². The minimum Gasteiger partial charge on any atom is -0.381 e. The fourth-order valence-corrected chi connectivity index (χ4v) is 4.46. The molecule has 0 saturated carbocycles. The van der Waals surface area contributed by atoms with Crippen molar-refractivity contribution in [2.75, 3.05) is 10.6 Å². The lowest BCUT2D eigenvalue weighted by molar-refractivity contribution is -0.128. The third-order valence-electron chi connectivity index (χ3n) is 5.90. The molecule has 0 aliphatic rings. The van der Waals surface area contributed by atoms with Crippen LogP contribution in [0, 0.1) is 11.2 Å². The third-order valence-corrected chi connectivity index (χ3v) is 7.18. The molecule has 1 heterocycles. The number of nitrogens with zero attached hydrogens (tertiary/aromatic N) is 2. The van der Waals surface area contributed by atoms with Crippen LogP contribution in [-0.4, -0.2) is 15.5 Å². The van der Waals surface area contributed by atoms with Gasteiger partial charge in [-0.2, -0.15) is 0 Å². The molecule has 0 atom stereocenters. The Morgan fingerprint density at radius 3 is 2.43 bits per heavy atom. The first kappa shape index (κ1) is 27.2. The largest absolute Gasteiger partial charge is 0.381 e. The average molecular weight is 607 g/mol. The fourth-order valence-electron chi connectivity index (χ4n) is 3.67. The van der Waals surface area contributed by atoms with Crippen molar-refractivity contribution >= 4 is 73.4 Å². The second-order valence-electron chi connectivity index (χ2n) is 9.74. The van der Waals surface area contributed by atoms with Gasteiger partial charge in [-0.1, -0.05) is 66.0 Å². The quantitative estimate of drug-likeness (QED) is 0.201. The monoisotopic (exact) mass is 605 g/mol. The van der Waals surface area contributed by atoms with E-state index < -0.39 is 5.41 Å². The highest BCUT2D eigenvalue weighted by Crippen LogP contribution is 2.36. The zero-order valence-electron chi connectivity index (χ0n) is 20.8. The third kappa shape index (κ3) is 6.20. The number of carbonyl (C=O) groups is 1. The maximum Gasteiger partial charge on any atom is 0.225 e. The number of aryl methyl sites for hydroxylation is 1. The molecule has 1 aromatic heterocycles. The number of imidazole rings is 1. The standard InChI is InChI=1S/C27H27BrCl2FN5O/c1-27(2,3)25(37)33-13-15-5-10-19(29)24(23(15)30)35-26-34-21-11-16(20(31)12-22(21)36(26)4)14-32-18-8-6-17(28)7-9-18/h5-12,32H,13-14H2,1-4H3,(H,33,37)(H,34,35). The maximum absolute atomic E-state index is 14.9. The van der Waals surface area contributed by atoms with Crippen molar-refractivity contribution in [2.45, 2.75) is 33.9 Å². The number of hydrogen-bond acceptors (Lipinski definition) is 4. The van der Waals surface area contributed by atoms with Gasteiger partial charge in [-0.3, -0.25) is 4.79 Å². The van der Waals surface area contributed by atoms with E-state index in [1.165, 1.54) is 6.07 Å². The van der Waals surface area contributed by atoms with Crippen LogP contribution in [0.3, 0.4) is 0 Å². The number of hydrogen-bond donors (Lipinski definition) is 3. The molecule has 3 N–H and O–H groups in total. The van der Waals surface area contributed by atoms with Gasteiger partial charge in [0.25, 0.3) is 0 Å². The summed E-state index contributed by atoms with van der Waals surface area (Å²) < 4.78 is 17.6. The molecule has 0 saturated heterocycles. The Bertz CT molecular complexity index is 1460. The number of anilines is 3. The maximum atomic E-state index is 14.9. The number of amides is 1. The number of carbonyl (C=O) groups excluding carboxylic acids is 1. The fraction of sp³-hybridized carbons (Fsp3) is 0.259. The smallest absolute Gasteiger partial charge is 0.225 e. The van der Waals surface area contributed by atoms with Crippen LogP contribution in [0.2, 0.25) is 10.0 Å². The molecule has 0 aliphatic carbocycles. The van der Waals surface area contributed by atoms with Gasteiger partial charge in [0.15, 0.2) is 0 Å². The summed E-state index contributed by atoms with van der Waals surface area (Å²) in [5.41, 5.74) is 3.27. The minimum absolute atomic E-state index is 0.0872. The highest BCUT2D eigenvalue weighted by atomic mass is 79.9. The van der Waals surface area contributed by atoms with Crippen LogP contribution in [0.4, 0.5) is 21.7 Å². The zero-order chi connectivity index (χ0) is 26.9. The van der Waals surface area contributed by atoms with Gasteiger partial charge in [-0.05, 0) is 42.0 Å². The van der Waals surface area contributed by atoms with Gasteiger partial charge in [0.2, 0.25) is 11.9 Å². The normalized spacial score (nSPS) is 11.6. The SMILES string of the molecule is Cn1c(Nc2c(Cl)ccc(CNC(=O)C(C)(C)C)c2Cl)nc2cc(CNc3ccc(Br)cc3)c(F)cc21. The van der Waals surface area contributed by atoms with Crippen molar-refractivity contribution in [2.24, 2.45) is 12.5 Å². The van der Waals surface area contributed by atoms with E-state index in [9.17, 15) is 9.18 Å². The van der Waals surface area contributed by atoms with Crippen LogP contribution in [0.15, 0.2) is 53.0 Å². The van der Waals surface area contributed by atoms with Crippen molar-refractivity contribution in [3.05, 3.63) is 80.0 Å². The minimum atomic E-state index is -0.519. The molecule has 37 heavy (non-hydrogen) atoms. The predicted octanol–water partition coefficient (Wildman–Crippen LogP) is 7.80. The Morgan fingerprint density at radius 1 is 1.05 bits per heavy atom. The topological polar surface area (TPSA) is 71.0 Å². The van der Waals surface area contributed by atoms with E-state index in [-0.39, 0.29) is 18.3 Å². The molecule has 6 nitrogen and oxygen atoms in total. The van der Waals surface area contributed by atoms with Crippen LogP contribution in [0.1, 0.15) is 31.9 Å². The second kappa shape index (κ2) is 10.9. The van der Waals surface area contributed by atoms with Gasteiger partial charge < -0.3 is 20.5 Å². The zero-order valence-corrected chi connectivity index (χ0v) is 23.9. The van der Waals surface area contributed by atoms with Crippen LogP contribution in [0.25, 0.3) is 11.0 Å². The molecule has 0 bridgehead atoms. The summed E-state index contributed by atoms with van der Waals surface area (Å²) in [4.78, 5) is 16.9. The molecule has 0 radical (unpaired) electrons. The summed E-state index contributed by atoms with van der Waals surface area (Å²) in [6, 6.07) is 14.3. The molecule has 3 aromatic carbocycles. The number of fused-ring (bicyclic) bond motifs is 1. The first-order chi connectivity index (χ1) is 17.4. The van der Waals surface area contributed by atoms with Crippen molar-refractivity contribution in [3.63, 3.8) is 0 Å². The first-order valence-corrected chi connectivity index (χ1v) is 13.2. The summed E-state index contributed by atoms with van der Waals surface area (Å²) in [7, 11) is 1.78. The summed E-state index contributed by atoms with van der Waals surface area (Å²) >= 11 is 16.5. The lowest BCUT2D eigenvalue weighted by Gasteiger charge is -2.19. The van der Waals surface area contributed by atoms with Gasteiger partial charge in [0, 0.05) is 47.3 Å². The van der Waals surface area contributed by atoms with Crippen molar-refractivity contribution in [3.8, 4) is 0 Å². The number of benzene rings is 3. The first-order valence-electron chi connectivity index (χ1n) is 11.6. The van der Waals surface area contributed by atoms with E-state index >= 15 is 0 Å². The Balaban J connectivity index is 1.57. The van der Waals surface area contributed by atoms with Crippen molar-refractivity contribution in [1.82, 2.24) is 14.9 Å². The summed E-state index contributed by atoms with van der Waals surface area (Å²) in [6.45, 7) is 6.09. The van der Waals surface area contributed by atoms with E-state index in [4.69, 9.17) is 23.2 Å². The summed E-state index contributed by atoms with van der Waals surface area (Å²) in [5.74, 6) is 0.0299. The Kier molecular flexibility index (Phi) is 8.02. The van der Waals surface area contributed by atoms with Gasteiger partial charge in [0.05, 0.1) is 26.8 Å². The number of halogens is 4. The van der Waals surface area contributed by atoms with Crippen LogP contribution >= 0.6 is 39.1 Å². The molecule has 0 unspecified atom stereocenters. The van der Waals surface area contributed by atoms with Crippen LogP contribution < -0.4 is 16.0 Å². The highest BCUT2D eigenvalue weighted by molar-refractivity contribution is 9.10. The van der Waals surface area contributed by atoms with Crippen molar-refractivity contribution < 1.29 is 9.18 Å². The van der Waals surface area contributed by atoms with E-state index in [1.807, 2.05) is 45.0 Å². The van der Waals surface area contributed by atoms with E-state index in [2.05, 4.69) is 36.9 Å². The van der Waals surface area contributed by atoms with Gasteiger partial charge in [-0.25, -0.2) is 9.37 Å². The molecule has 10 heteroatoms. The van der Waals surface area contributed by atoms with Gasteiger partial charge in [0.1, 0.15) is 5.82 Å². The highest BCUT2D eigenvalue weighted by Gasteiger charge is 2.22. The molecule has 4 rings (SSSR count). The molecule has 0 fully saturated rings. The number of nitrogens with one attached hydrogen (secondary N) is 3. The lowest BCUT2D eigenvalue weighted by Crippen LogP contribution is -2.34. The lowest BCUT2D eigenvalue weighted by atomic mass is 9.95. The molecule has 0 spiro atoms. The van der Waals surface area contributed by atoms with Gasteiger partial charge >= 0.3 is 0 Å². The molecule has 1 amide bonds. The molecular formula is C27H27BrCl2FN5O. The number of rotatable bonds is 7. The molecule has 194 valence electrons. The second-order valence-corrected chi connectivity index (χ2v) is 11.4. The predicted molar refractivity (Wildman–Crippen MR) is 153 cm³/mol. The van der Waals surface area contributed by atoms with Crippen LogP contribution in [-0.2, 0) is 24.9 Å². The van der Waals surface area contributed by atoms with Crippen LogP contribution in [0.5, 0.6) is 0 Å². The Morgan fingerprint density at radius 2 is 1.76 bits per heavy atom. The van der Waals surface area contributed by atoms with E-state index in [1.54, 1.807) is 29.8 Å². The molecular weight excluding hydrogens is 580 g/mol. The molecule has 0 aliphatic heterocycles. The number of aromatic nitrogens is 2. The van der Waals surface area contributed by atoms with Crippen molar-refractivity contribution in [1.29, 1.82) is 0 Å². The average Bonchev–Trinajstić information content (AvgIpc) is 3.14. The summed E-state index contributed by atoms with van der Waals surface area (Å²) in [5, 5.41) is 10.1. The molecule has 4 aromatic rings. The Labute approximate surface area is 233 Å². The van der Waals surface area contributed by atoms with E-state index in [0.717, 1.165) is 10.2 Å². The van der Waals surface area contributed by atoms with Gasteiger partial charge in [-0.15, -0.1) is 0 Å². The Hall–Kier alpha value is -2.81. The summed E-state index contributed by atoms with van der Waals surface area (Å²) in [6.07, 6.45) is 0.